The lowest BCUT2D eigenvalue weighted by molar-refractivity contribution is -0.133. The number of fused-ring (bicyclic) bond motifs is 3. The summed E-state index contributed by atoms with van der Waals surface area (Å²) in [6.07, 6.45) is 1.90. The number of anilines is 1. The van der Waals surface area contributed by atoms with Crippen LogP contribution in [0.4, 0.5) is 18.9 Å². The van der Waals surface area contributed by atoms with Crippen LogP contribution in [0, 0.1) is 0 Å². The van der Waals surface area contributed by atoms with Gasteiger partial charge >= 0.3 is 12.2 Å². The largest absolute Gasteiger partial charge is 0.480 e. The maximum atomic E-state index is 13.1. The Morgan fingerprint density at radius 1 is 1.10 bits per heavy atom. The van der Waals surface area contributed by atoms with Gasteiger partial charge in [0.05, 0.1) is 37.3 Å². The van der Waals surface area contributed by atoms with Gasteiger partial charge < -0.3 is 14.4 Å². The second-order valence-corrected chi connectivity index (χ2v) is 10.6. The Balaban J connectivity index is 1.23. The Labute approximate surface area is 227 Å². The second kappa shape index (κ2) is 8.64. The van der Waals surface area contributed by atoms with Gasteiger partial charge in [0.1, 0.15) is 0 Å². The molecule has 0 saturated heterocycles. The van der Waals surface area contributed by atoms with Gasteiger partial charge in [-0.15, -0.1) is 0 Å². The van der Waals surface area contributed by atoms with E-state index in [9.17, 15) is 18.0 Å². The predicted octanol–water partition coefficient (Wildman–Crippen LogP) is 4.81. The number of benzene rings is 1. The molecule has 206 valence electrons. The summed E-state index contributed by atoms with van der Waals surface area (Å²) < 4.78 is 51.4. The third-order valence-electron chi connectivity index (χ3n) is 8.24. The first-order valence-corrected chi connectivity index (χ1v) is 13.1. The smallest absolute Gasteiger partial charge is 0.390 e. The molecular formula is C28H25F3N6O3. The highest BCUT2D eigenvalue weighted by atomic mass is 19.4. The maximum absolute atomic E-state index is 13.1. The molecule has 4 heterocycles. The van der Waals surface area contributed by atoms with Crippen LogP contribution in [0.15, 0.2) is 42.9 Å². The SMILES string of the molecule is COc1ncc(-c2cc([C@H]3C[C@@H]3c3ccc4c(c3)N(CCC(F)(F)F)C(=O)C43CC3)c3nccn3n2)c(OC)n1. The van der Waals surface area contributed by atoms with Crippen LogP contribution in [0.3, 0.4) is 0 Å². The number of methoxy groups -OCH3 is 2. The molecule has 2 aliphatic carbocycles. The van der Waals surface area contributed by atoms with Crippen LogP contribution in [-0.4, -0.2) is 57.4 Å². The number of rotatable bonds is 7. The third-order valence-corrected chi connectivity index (χ3v) is 8.24. The molecule has 7 rings (SSSR count). The molecule has 2 fully saturated rings. The van der Waals surface area contributed by atoms with E-state index in [1.54, 1.807) is 23.1 Å². The zero-order valence-corrected chi connectivity index (χ0v) is 21.8. The van der Waals surface area contributed by atoms with Crippen molar-refractivity contribution in [1.82, 2.24) is 24.6 Å². The number of hydrogen-bond donors (Lipinski definition) is 0. The summed E-state index contributed by atoms with van der Waals surface area (Å²) in [6.45, 7) is -0.358. The molecule has 9 nitrogen and oxygen atoms in total. The predicted molar refractivity (Wildman–Crippen MR) is 138 cm³/mol. The van der Waals surface area contributed by atoms with Crippen molar-refractivity contribution in [3.8, 4) is 23.1 Å². The van der Waals surface area contributed by atoms with Gasteiger partial charge in [0.25, 0.3) is 0 Å². The van der Waals surface area contributed by atoms with E-state index >= 15 is 0 Å². The minimum atomic E-state index is -4.33. The summed E-state index contributed by atoms with van der Waals surface area (Å²) in [6, 6.07) is 8.04. The number of imidazole rings is 1. The number of amides is 1. The molecule has 1 spiro atoms. The van der Waals surface area contributed by atoms with Gasteiger partial charge in [0.15, 0.2) is 5.65 Å². The molecule has 0 bridgehead atoms. The van der Waals surface area contributed by atoms with Crippen LogP contribution in [0.1, 0.15) is 54.2 Å². The van der Waals surface area contributed by atoms with E-state index in [1.165, 1.54) is 19.1 Å². The average molecular weight is 551 g/mol. The van der Waals surface area contributed by atoms with Crippen molar-refractivity contribution in [2.24, 2.45) is 0 Å². The van der Waals surface area contributed by atoms with Crippen molar-refractivity contribution in [2.45, 2.75) is 49.1 Å². The zero-order valence-electron chi connectivity index (χ0n) is 21.8. The standard InChI is InChI=1S/C28H25F3N6O3/c1-39-24-19(14-33-26(34-24)40-2)21-13-18(23-32-8-10-37(23)35-21)17-12-16(17)15-3-4-20-22(11-15)36(9-7-28(29,30)31)25(38)27(20)5-6-27/h3-4,8,10-11,13-14,16-17H,5-7,9,12H2,1-2H3/t16-,17+/m1/s1. The summed E-state index contributed by atoms with van der Waals surface area (Å²) >= 11 is 0. The fourth-order valence-corrected chi connectivity index (χ4v) is 5.99. The molecule has 3 aromatic heterocycles. The molecule has 0 radical (unpaired) electrons. The fraction of sp³-hybridized carbons (Fsp3) is 0.393. The molecule has 0 unspecified atom stereocenters. The lowest BCUT2D eigenvalue weighted by atomic mass is 9.95. The van der Waals surface area contributed by atoms with Crippen molar-refractivity contribution in [3.63, 3.8) is 0 Å². The number of alkyl halides is 3. The van der Waals surface area contributed by atoms with Crippen LogP contribution >= 0.6 is 0 Å². The average Bonchev–Trinajstić information content (AvgIpc) is 3.85. The highest BCUT2D eigenvalue weighted by molar-refractivity contribution is 6.10. The molecule has 2 atom stereocenters. The number of aromatic nitrogens is 5. The van der Waals surface area contributed by atoms with Gasteiger partial charge in [0, 0.05) is 36.4 Å². The van der Waals surface area contributed by atoms with Gasteiger partial charge in [-0.25, -0.2) is 14.5 Å². The lowest BCUT2D eigenvalue weighted by Crippen LogP contribution is -2.34. The highest BCUT2D eigenvalue weighted by Gasteiger charge is 2.59. The van der Waals surface area contributed by atoms with E-state index in [0.717, 1.165) is 28.8 Å². The molecule has 1 aromatic carbocycles. The second-order valence-electron chi connectivity index (χ2n) is 10.6. The number of halogens is 3. The van der Waals surface area contributed by atoms with Crippen molar-refractivity contribution in [2.75, 3.05) is 25.7 Å². The third kappa shape index (κ3) is 3.88. The molecule has 2 saturated carbocycles. The Bertz CT molecular complexity index is 1670. The monoisotopic (exact) mass is 550 g/mol. The van der Waals surface area contributed by atoms with Crippen LogP contribution in [0.25, 0.3) is 16.9 Å². The first kappa shape index (κ1) is 24.8. The Morgan fingerprint density at radius 2 is 1.93 bits per heavy atom. The fourth-order valence-electron chi connectivity index (χ4n) is 5.99. The van der Waals surface area contributed by atoms with Gasteiger partial charge in [-0.1, -0.05) is 12.1 Å². The Kier molecular flexibility index (Phi) is 5.35. The van der Waals surface area contributed by atoms with E-state index < -0.39 is 18.0 Å². The summed E-state index contributed by atoms with van der Waals surface area (Å²) in [5, 5.41) is 4.68. The van der Waals surface area contributed by atoms with Crippen LogP contribution in [0.5, 0.6) is 11.9 Å². The summed E-state index contributed by atoms with van der Waals surface area (Å²) in [7, 11) is 2.99. The molecule has 12 heteroatoms. The van der Waals surface area contributed by atoms with E-state index in [2.05, 4.69) is 20.1 Å². The van der Waals surface area contributed by atoms with Gasteiger partial charge in [-0.2, -0.15) is 23.3 Å². The first-order chi connectivity index (χ1) is 19.2. The number of carbonyl (C=O) groups excluding carboxylic acids is 1. The molecule has 4 aromatic rings. The Morgan fingerprint density at radius 3 is 2.65 bits per heavy atom. The number of carbonyl (C=O) groups is 1. The topological polar surface area (TPSA) is 94.7 Å². The lowest BCUT2D eigenvalue weighted by Gasteiger charge is -2.19. The summed E-state index contributed by atoms with van der Waals surface area (Å²) in [4.78, 5) is 27.5. The number of hydrogen-bond acceptors (Lipinski definition) is 7. The Hall–Kier alpha value is -4.22. The minimum absolute atomic E-state index is 0.116. The van der Waals surface area contributed by atoms with Crippen molar-refractivity contribution in [1.29, 1.82) is 0 Å². The van der Waals surface area contributed by atoms with Crippen LogP contribution in [0.2, 0.25) is 0 Å². The molecular weight excluding hydrogens is 525 g/mol. The summed E-state index contributed by atoms with van der Waals surface area (Å²) in [5.41, 5.74) is 4.77. The molecule has 40 heavy (non-hydrogen) atoms. The van der Waals surface area contributed by atoms with E-state index in [1.807, 2.05) is 24.3 Å². The summed E-state index contributed by atoms with van der Waals surface area (Å²) in [5.74, 6) is 0.369. The van der Waals surface area contributed by atoms with Gasteiger partial charge in [-0.05, 0) is 54.4 Å². The van der Waals surface area contributed by atoms with E-state index in [-0.39, 0.29) is 30.3 Å². The van der Waals surface area contributed by atoms with Crippen molar-refractivity contribution >= 4 is 17.2 Å². The zero-order chi connectivity index (χ0) is 27.8. The first-order valence-electron chi connectivity index (χ1n) is 13.1. The maximum Gasteiger partial charge on any atom is 0.390 e. The minimum Gasteiger partial charge on any atom is -0.480 e. The highest BCUT2D eigenvalue weighted by Crippen LogP contribution is 2.60. The van der Waals surface area contributed by atoms with Crippen molar-refractivity contribution in [3.05, 3.63) is 59.5 Å². The van der Waals surface area contributed by atoms with Crippen LogP contribution in [-0.2, 0) is 10.2 Å². The van der Waals surface area contributed by atoms with E-state index in [4.69, 9.17) is 9.47 Å². The molecule has 1 amide bonds. The molecule has 0 N–H and O–H groups in total. The van der Waals surface area contributed by atoms with Gasteiger partial charge in [-0.3, -0.25) is 4.79 Å². The van der Waals surface area contributed by atoms with Gasteiger partial charge in [0.2, 0.25) is 11.8 Å². The quantitative estimate of drug-likeness (QED) is 0.326. The van der Waals surface area contributed by atoms with E-state index in [0.29, 0.717) is 35.7 Å². The number of nitrogens with zero attached hydrogens (tertiary/aromatic N) is 6. The van der Waals surface area contributed by atoms with Crippen molar-refractivity contribution < 1.29 is 27.4 Å². The normalized spacial score (nSPS) is 20.7. The number of ether oxygens (including phenoxy) is 2. The molecule has 3 aliphatic rings. The van der Waals surface area contributed by atoms with Crippen LogP contribution < -0.4 is 14.4 Å². The molecule has 1 aliphatic heterocycles.